The normalized spacial score (nSPS) is 15.1. The molecule has 0 radical (unpaired) electrons. The van der Waals surface area contributed by atoms with Gasteiger partial charge in [-0.1, -0.05) is 18.2 Å². The summed E-state index contributed by atoms with van der Waals surface area (Å²) in [6.07, 6.45) is 2.49. The number of carbonyl (C=O) groups is 2. The van der Waals surface area contributed by atoms with Crippen LogP contribution in [0.5, 0.6) is 5.75 Å². The number of aliphatic hydroxyl groups is 2. The van der Waals surface area contributed by atoms with Crippen LogP contribution in [0.15, 0.2) is 54.9 Å². The Balaban J connectivity index is 1.80. The van der Waals surface area contributed by atoms with E-state index in [9.17, 15) is 19.8 Å². The maximum Gasteiger partial charge on any atom is 0.259 e. The molecule has 2 aromatic heterocycles. The van der Waals surface area contributed by atoms with Crippen LogP contribution in [0.25, 0.3) is 33.0 Å². The Kier molecular flexibility index (Phi) is 4.80. The molecule has 1 aliphatic rings. The molecule has 8 nitrogen and oxygen atoms in total. The predicted molar refractivity (Wildman–Crippen MR) is 120 cm³/mol. The Morgan fingerprint density at radius 1 is 1.03 bits per heavy atom. The highest BCUT2D eigenvalue weighted by molar-refractivity contribution is 6.50. The molecular weight excluding hydrogens is 410 g/mol. The fourth-order valence-electron chi connectivity index (χ4n) is 4.29. The quantitative estimate of drug-likeness (QED) is 0.349. The Hall–Kier alpha value is -3.88. The van der Waals surface area contributed by atoms with E-state index >= 15 is 0 Å². The number of hydrogen-bond donors (Lipinski definition) is 4. The second-order valence-corrected chi connectivity index (χ2v) is 7.70. The summed E-state index contributed by atoms with van der Waals surface area (Å²) in [7, 11) is 1.55. The fourth-order valence-corrected chi connectivity index (χ4v) is 4.29. The summed E-state index contributed by atoms with van der Waals surface area (Å²) < 4.78 is 7.13. The number of nitrogens with zero attached hydrogens (tertiary/aromatic N) is 1. The molecule has 1 unspecified atom stereocenters. The second kappa shape index (κ2) is 7.67. The van der Waals surface area contributed by atoms with Crippen molar-refractivity contribution in [2.45, 2.75) is 12.6 Å². The molecule has 4 N–H and O–H groups in total. The van der Waals surface area contributed by atoms with Crippen LogP contribution in [-0.4, -0.2) is 51.4 Å². The molecule has 0 fully saturated rings. The monoisotopic (exact) mass is 431 g/mol. The molecule has 8 heteroatoms. The highest BCUT2D eigenvalue weighted by Crippen LogP contribution is 2.39. The van der Waals surface area contributed by atoms with Gasteiger partial charge in [0.25, 0.3) is 11.8 Å². The number of imide groups is 1. The zero-order valence-corrected chi connectivity index (χ0v) is 17.3. The van der Waals surface area contributed by atoms with Gasteiger partial charge in [0.2, 0.25) is 0 Å². The third-order valence-electron chi connectivity index (χ3n) is 5.77. The molecule has 3 heterocycles. The lowest BCUT2D eigenvalue weighted by molar-refractivity contribution is -0.122. The van der Waals surface area contributed by atoms with Gasteiger partial charge in [-0.25, -0.2) is 0 Å². The highest BCUT2D eigenvalue weighted by Gasteiger charge is 2.35. The van der Waals surface area contributed by atoms with Gasteiger partial charge in [-0.15, -0.1) is 0 Å². The third kappa shape index (κ3) is 3.08. The molecule has 1 aliphatic heterocycles. The van der Waals surface area contributed by atoms with Gasteiger partial charge in [-0.2, -0.15) is 0 Å². The number of methoxy groups -OCH3 is 1. The first-order chi connectivity index (χ1) is 15.5. The zero-order chi connectivity index (χ0) is 22.4. The van der Waals surface area contributed by atoms with Crippen molar-refractivity contribution in [2.24, 2.45) is 0 Å². The largest absolute Gasteiger partial charge is 0.497 e. The van der Waals surface area contributed by atoms with Crippen molar-refractivity contribution in [3.05, 3.63) is 66.0 Å². The Labute approximate surface area is 182 Å². The number of rotatable bonds is 6. The van der Waals surface area contributed by atoms with E-state index in [1.165, 1.54) is 0 Å². The van der Waals surface area contributed by atoms with E-state index in [-0.39, 0.29) is 17.7 Å². The van der Waals surface area contributed by atoms with Gasteiger partial charge in [-0.05, 0) is 24.3 Å². The van der Waals surface area contributed by atoms with E-state index < -0.39 is 24.5 Å². The van der Waals surface area contributed by atoms with Crippen LogP contribution >= 0.6 is 0 Å². The summed E-state index contributed by atoms with van der Waals surface area (Å²) in [5.74, 6) is -0.355. The van der Waals surface area contributed by atoms with Crippen molar-refractivity contribution in [1.29, 1.82) is 0 Å². The van der Waals surface area contributed by atoms with E-state index in [0.717, 1.165) is 16.4 Å². The number of ether oxygens (including phenoxy) is 1. The van der Waals surface area contributed by atoms with Crippen LogP contribution in [0.2, 0.25) is 0 Å². The molecule has 0 saturated carbocycles. The summed E-state index contributed by atoms with van der Waals surface area (Å²) in [6, 6.07) is 13.0. The first-order valence-electron chi connectivity index (χ1n) is 10.1. The number of aromatic amines is 1. The maximum atomic E-state index is 13.0. The number of para-hydroxylation sites is 1. The number of H-pyrrole nitrogens is 1. The Morgan fingerprint density at radius 3 is 2.53 bits per heavy atom. The van der Waals surface area contributed by atoms with E-state index in [1.54, 1.807) is 36.2 Å². The molecule has 32 heavy (non-hydrogen) atoms. The van der Waals surface area contributed by atoms with E-state index in [2.05, 4.69) is 10.3 Å². The van der Waals surface area contributed by atoms with Crippen molar-refractivity contribution in [3.8, 4) is 5.75 Å². The Morgan fingerprint density at radius 2 is 1.78 bits per heavy atom. The predicted octanol–water partition coefficient (Wildman–Crippen LogP) is 2.05. The van der Waals surface area contributed by atoms with Gasteiger partial charge in [-0.3, -0.25) is 14.9 Å². The topological polar surface area (TPSA) is 117 Å². The van der Waals surface area contributed by atoms with Crippen molar-refractivity contribution in [3.63, 3.8) is 0 Å². The van der Waals surface area contributed by atoms with Gasteiger partial charge in [0, 0.05) is 45.3 Å². The first kappa shape index (κ1) is 20.0. The minimum Gasteiger partial charge on any atom is -0.497 e. The molecule has 0 spiro atoms. The molecule has 2 aromatic carbocycles. The lowest BCUT2D eigenvalue weighted by Crippen LogP contribution is -2.22. The lowest BCUT2D eigenvalue weighted by atomic mass is 9.95. The van der Waals surface area contributed by atoms with Gasteiger partial charge in [0.15, 0.2) is 0 Å². The summed E-state index contributed by atoms with van der Waals surface area (Å²) in [4.78, 5) is 29.0. The molecule has 162 valence electrons. The van der Waals surface area contributed by atoms with E-state index in [4.69, 9.17) is 4.74 Å². The number of aliphatic hydroxyl groups excluding tert-OH is 2. The minimum absolute atomic E-state index is 0.130. The van der Waals surface area contributed by atoms with Gasteiger partial charge >= 0.3 is 0 Å². The van der Waals surface area contributed by atoms with Crippen molar-refractivity contribution < 1.29 is 24.5 Å². The van der Waals surface area contributed by atoms with Crippen molar-refractivity contribution in [1.82, 2.24) is 14.9 Å². The number of aromatic nitrogens is 2. The molecule has 5 rings (SSSR count). The Bertz CT molecular complexity index is 1410. The minimum atomic E-state index is -0.971. The van der Waals surface area contributed by atoms with E-state index in [0.29, 0.717) is 22.3 Å². The smallest absolute Gasteiger partial charge is 0.259 e. The molecular formula is C24H21N3O5. The summed E-state index contributed by atoms with van der Waals surface area (Å²) in [5, 5.41) is 23.3. The first-order valence-corrected chi connectivity index (χ1v) is 10.1. The highest BCUT2D eigenvalue weighted by atomic mass is 16.5. The van der Waals surface area contributed by atoms with Gasteiger partial charge < -0.3 is 24.5 Å². The molecule has 1 atom stereocenters. The summed E-state index contributed by atoms with van der Waals surface area (Å²) in [6.45, 7) is -0.266. The number of fused-ring (bicyclic) bond motifs is 2. The number of amides is 2. The van der Waals surface area contributed by atoms with Crippen LogP contribution in [0.4, 0.5) is 0 Å². The number of nitrogens with one attached hydrogen (secondary N) is 2. The third-order valence-corrected chi connectivity index (χ3v) is 5.77. The number of hydrogen-bond acceptors (Lipinski definition) is 5. The average Bonchev–Trinajstić information content (AvgIpc) is 3.46. The SMILES string of the molecule is COc1ccc2c(c1)c(C1=C(c3c[nH]c4ccccc34)C(=O)NC1=O)cn2CC(O)CO. The van der Waals surface area contributed by atoms with Crippen LogP contribution < -0.4 is 10.1 Å². The molecule has 4 aromatic rings. The molecule has 0 aliphatic carbocycles. The van der Waals surface area contributed by atoms with Crippen LogP contribution in [-0.2, 0) is 16.1 Å². The summed E-state index contributed by atoms with van der Waals surface area (Å²) in [5.41, 5.74) is 3.33. The fraction of sp³-hybridized carbons (Fsp3) is 0.167. The van der Waals surface area contributed by atoms with Crippen molar-refractivity contribution in [2.75, 3.05) is 13.7 Å². The van der Waals surface area contributed by atoms with Crippen LogP contribution in [0.1, 0.15) is 11.1 Å². The lowest BCUT2D eigenvalue weighted by Gasteiger charge is -2.09. The van der Waals surface area contributed by atoms with Crippen molar-refractivity contribution >= 4 is 44.8 Å². The van der Waals surface area contributed by atoms with Gasteiger partial charge in [0.05, 0.1) is 37.5 Å². The molecule has 0 bridgehead atoms. The maximum absolute atomic E-state index is 13.0. The number of benzene rings is 2. The summed E-state index contributed by atoms with van der Waals surface area (Å²) >= 11 is 0. The van der Waals surface area contributed by atoms with Crippen LogP contribution in [0, 0.1) is 0 Å². The zero-order valence-electron chi connectivity index (χ0n) is 17.3. The molecule has 0 saturated heterocycles. The standard InChI is InChI=1S/C24H21N3O5/c1-32-14-6-7-20-16(8-14)18(11-27(20)10-13(29)12-28)22-21(23(30)26-24(22)31)17-9-25-19-5-3-2-4-15(17)19/h2-9,11,13,25,28-29H,10,12H2,1H3,(H,26,30,31). The van der Waals surface area contributed by atoms with Crippen LogP contribution in [0.3, 0.4) is 0 Å². The average molecular weight is 431 g/mol. The molecule has 2 amide bonds. The van der Waals surface area contributed by atoms with Gasteiger partial charge in [0.1, 0.15) is 5.75 Å². The number of carbonyl (C=O) groups excluding carboxylic acids is 2. The second-order valence-electron chi connectivity index (χ2n) is 7.70. The van der Waals surface area contributed by atoms with E-state index in [1.807, 2.05) is 30.3 Å².